The number of aliphatic carboxylic acids is 1. The summed E-state index contributed by atoms with van der Waals surface area (Å²) in [6.45, 7) is 0.0968. The van der Waals surface area contributed by atoms with Crippen LogP contribution >= 0.6 is 11.8 Å². The predicted molar refractivity (Wildman–Crippen MR) is 153 cm³/mol. The number of carboxylic acid groups (broad SMARTS) is 1. The van der Waals surface area contributed by atoms with Gasteiger partial charge in [-0.3, -0.25) is 0 Å². The second kappa shape index (κ2) is 12.2. The Balaban J connectivity index is 1.28. The van der Waals surface area contributed by atoms with Gasteiger partial charge in [0.15, 0.2) is 6.10 Å². The van der Waals surface area contributed by atoms with E-state index in [0.29, 0.717) is 0 Å². The molecule has 0 bridgehead atoms. The summed E-state index contributed by atoms with van der Waals surface area (Å²) in [5.74, 6) is -1.37. The summed E-state index contributed by atoms with van der Waals surface area (Å²) in [5.41, 5.74) is 6.48. The molecule has 7 heteroatoms. The van der Waals surface area contributed by atoms with Crippen LogP contribution in [0.3, 0.4) is 0 Å². The SMILES string of the molecule is O=C(N[C@@H](CSC(c1ccccc1)c1ccccc1)[C@H](O)C(=O)O)OCC1c2ccccc2-c2ccccc21. The molecular formula is C32H29NO5S. The molecule has 198 valence electrons. The van der Waals surface area contributed by atoms with Crippen LogP contribution in [0.4, 0.5) is 4.79 Å². The van der Waals surface area contributed by atoms with Gasteiger partial charge in [-0.05, 0) is 33.4 Å². The fourth-order valence-electron chi connectivity index (χ4n) is 5.02. The fourth-order valence-corrected chi connectivity index (χ4v) is 6.38. The van der Waals surface area contributed by atoms with Crippen LogP contribution in [0.2, 0.25) is 0 Å². The lowest BCUT2D eigenvalue weighted by Gasteiger charge is -2.25. The summed E-state index contributed by atoms with van der Waals surface area (Å²) in [6, 6.07) is 34.7. The number of carbonyl (C=O) groups is 2. The number of aliphatic hydroxyl groups excluding tert-OH is 1. The van der Waals surface area contributed by atoms with Gasteiger partial charge < -0.3 is 20.3 Å². The van der Waals surface area contributed by atoms with Crippen molar-refractivity contribution in [1.29, 1.82) is 0 Å². The maximum atomic E-state index is 12.9. The van der Waals surface area contributed by atoms with Gasteiger partial charge in [-0.2, -0.15) is 0 Å². The molecule has 0 radical (unpaired) electrons. The summed E-state index contributed by atoms with van der Waals surface area (Å²) in [5, 5.41) is 22.5. The molecule has 2 atom stereocenters. The molecule has 0 heterocycles. The Morgan fingerprint density at radius 1 is 0.769 bits per heavy atom. The van der Waals surface area contributed by atoms with Gasteiger partial charge in [-0.1, -0.05) is 109 Å². The summed E-state index contributed by atoms with van der Waals surface area (Å²) in [7, 11) is 0. The Morgan fingerprint density at radius 3 is 1.77 bits per heavy atom. The standard InChI is InChI=1S/C32H29NO5S/c34-29(31(35)36)28(20-39-30(21-11-3-1-4-12-21)22-13-5-2-6-14-22)33-32(37)38-19-27-25-17-9-7-15-23(25)24-16-8-10-18-26(24)27/h1-18,27-30,34H,19-20H2,(H,33,37)(H,35,36)/t28-,29-/m0/s1. The molecule has 1 amide bonds. The molecule has 0 saturated heterocycles. The van der Waals surface area contributed by atoms with Crippen molar-refractivity contribution in [2.75, 3.05) is 12.4 Å². The molecule has 39 heavy (non-hydrogen) atoms. The summed E-state index contributed by atoms with van der Waals surface area (Å²) in [4.78, 5) is 24.6. The third-order valence-electron chi connectivity index (χ3n) is 6.93. The van der Waals surface area contributed by atoms with Crippen molar-refractivity contribution in [2.24, 2.45) is 0 Å². The number of ether oxygens (including phenoxy) is 1. The van der Waals surface area contributed by atoms with Gasteiger partial charge in [0.2, 0.25) is 0 Å². The van der Waals surface area contributed by atoms with Gasteiger partial charge in [0.1, 0.15) is 6.61 Å². The first kappa shape index (κ1) is 26.5. The third kappa shape index (κ3) is 6.00. The van der Waals surface area contributed by atoms with Crippen molar-refractivity contribution < 1.29 is 24.5 Å². The van der Waals surface area contributed by atoms with E-state index < -0.39 is 24.2 Å². The van der Waals surface area contributed by atoms with Crippen molar-refractivity contribution >= 4 is 23.8 Å². The molecule has 1 aliphatic carbocycles. The fraction of sp³-hybridized carbons (Fsp3) is 0.188. The van der Waals surface area contributed by atoms with Crippen LogP contribution in [0.25, 0.3) is 11.1 Å². The Bertz CT molecular complexity index is 1340. The predicted octanol–water partition coefficient (Wildman–Crippen LogP) is 5.86. The second-order valence-electron chi connectivity index (χ2n) is 9.39. The number of carboxylic acids is 1. The molecule has 1 aliphatic rings. The zero-order chi connectivity index (χ0) is 27.2. The molecular weight excluding hydrogens is 510 g/mol. The number of benzene rings is 4. The van der Waals surface area contributed by atoms with Gasteiger partial charge >= 0.3 is 12.1 Å². The van der Waals surface area contributed by atoms with E-state index in [9.17, 15) is 19.8 Å². The lowest BCUT2D eigenvalue weighted by Crippen LogP contribution is -2.49. The number of hydrogen-bond donors (Lipinski definition) is 3. The monoisotopic (exact) mass is 539 g/mol. The van der Waals surface area contributed by atoms with Crippen LogP contribution in [-0.2, 0) is 9.53 Å². The Labute approximate surface area is 231 Å². The van der Waals surface area contributed by atoms with Crippen molar-refractivity contribution in [3.63, 3.8) is 0 Å². The van der Waals surface area contributed by atoms with Crippen LogP contribution in [0.1, 0.15) is 33.4 Å². The highest BCUT2D eigenvalue weighted by Crippen LogP contribution is 2.44. The minimum absolute atomic E-state index is 0.0968. The largest absolute Gasteiger partial charge is 0.479 e. The highest BCUT2D eigenvalue weighted by molar-refractivity contribution is 7.99. The lowest BCUT2D eigenvalue weighted by molar-refractivity contribution is -0.147. The van der Waals surface area contributed by atoms with Crippen molar-refractivity contribution in [3.05, 3.63) is 131 Å². The van der Waals surface area contributed by atoms with E-state index in [1.807, 2.05) is 97.1 Å². The van der Waals surface area contributed by atoms with Crippen molar-refractivity contribution in [2.45, 2.75) is 23.3 Å². The Hall–Kier alpha value is -4.07. The molecule has 4 aromatic carbocycles. The molecule has 3 N–H and O–H groups in total. The number of fused-ring (bicyclic) bond motifs is 3. The highest BCUT2D eigenvalue weighted by atomic mass is 32.2. The van der Waals surface area contributed by atoms with Gasteiger partial charge in [-0.25, -0.2) is 9.59 Å². The van der Waals surface area contributed by atoms with Crippen LogP contribution in [0.5, 0.6) is 0 Å². The van der Waals surface area contributed by atoms with Gasteiger partial charge in [-0.15, -0.1) is 11.8 Å². The van der Waals surface area contributed by atoms with Gasteiger partial charge in [0.25, 0.3) is 0 Å². The smallest absolute Gasteiger partial charge is 0.407 e. The first-order chi connectivity index (χ1) is 19.0. The second-order valence-corrected chi connectivity index (χ2v) is 10.5. The Morgan fingerprint density at radius 2 is 1.26 bits per heavy atom. The first-order valence-corrected chi connectivity index (χ1v) is 13.8. The quantitative estimate of drug-likeness (QED) is 0.234. The number of alkyl carbamates (subject to hydrolysis) is 1. The van der Waals surface area contributed by atoms with Crippen molar-refractivity contribution in [1.82, 2.24) is 5.32 Å². The summed E-state index contributed by atoms with van der Waals surface area (Å²) < 4.78 is 5.61. The molecule has 6 nitrogen and oxygen atoms in total. The van der Waals surface area contributed by atoms with E-state index >= 15 is 0 Å². The number of hydrogen-bond acceptors (Lipinski definition) is 5. The first-order valence-electron chi connectivity index (χ1n) is 12.8. The van der Waals surface area contributed by atoms with E-state index in [2.05, 4.69) is 17.4 Å². The van der Waals surface area contributed by atoms with E-state index in [-0.39, 0.29) is 23.5 Å². The highest BCUT2D eigenvalue weighted by Gasteiger charge is 2.32. The number of rotatable bonds is 10. The lowest BCUT2D eigenvalue weighted by atomic mass is 9.98. The molecule has 0 saturated carbocycles. The number of amides is 1. The summed E-state index contributed by atoms with van der Waals surface area (Å²) in [6.07, 6.45) is -2.55. The summed E-state index contributed by atoms with van der Waals surface area (Å²) >= 11 is 1.45. The van der Waals surface area contributed by atoms with Crippen LogP contribution in [0.15, 0.2) is 109 Å². The van der Waals surface area contributed by atoms with E-state index in [4.69, 9.17) is 4.74 Å². The number of thioether (sulfide) groups is 1. The molecule has 0 unspecified atom stereocenters. The zero-order valence-electron chi connectivity index (χ0n) is 21.1. The van der Waals surface area contributed by atoms with E-state index in [0.717, 1.165) is 33.4 Å². The van der Waals surface area contributed by atoms with Crippen molar-refractivity contribution in [3.8, 4) is 11.1 Å². The number of nitrogens with one attached hydrogen (secondary N) is 1. The average Bonchev–Trinajstić information content (AvgIpc) is 3.30. The van der Waals surface area contributed by atoms with Gasteiger partial charge in [0, 0.05) is 11.7 Å². The molecule has 4 aromatic rings. The molecule has 0 aliphatic heterocycles. The Kier molecular flexibility index (Phi) is 8.30. The average molecular weight is 540 g/mol. The molecule has 0 spiro atoms. The van der Waals surface area contributed by atoms with Crippen LogP contribution in [-0.4, -0.2) is 46.8 Å². The maximum Gasteiger partial charge on any atom is 0.407 e. The van der Waals surface area contributed by atoms with Crippen LogP contribution in [0, 0.1) is 0 Å². The van der Waals surface area contributed by atoms with Crippen LogP contribution < -0.4 is 5.32 Å². The normalized spacial score (nSPS) is 13.8. The number of carbonyl (C=O) groups excluding carboxylic acids is 1. The van der Waals surface area contributed by atoms with E-state index in [1.54, 1.807) is 0 Å². The molecule has 5 rings (SSSR count). The minimum Gasteiger partial charge on any atom is -0.479 e. The molecule has 0 aromatic heterocycles. The topological polar surface area (TPSA) is 95.9 Å². The third-order valence-corrected chi connectivity index (χ3v) is 8.36. The molecule has 0 fully saturated rings. The minimum atomic E-state index is -1.79. The number of aliphatic hydroxyl groups is 1. The van der Waals surface area contributed by atoms with Gasteiger partial charge in [0.05, 0.1) is 11.3 Å². The van der Waals surface area contributed by atoms with E-state index in [1.165, 1.54) is 11.8 Å². The zero-order valence-corrected chi connectivity index (χ0v) is 22.0. The maximum absolute atomic E-state index is 12.9.